The van der Waals surface area contributed by atoms with Gasteiger partial charge in [0.2, 0.25) is 0 Å². The monoisotopic (exact) mass is 243 g/mol. The summed E-state index contributed by atoms with van der Waals surface area (Å²) in [5.41, 5.74) is 0.845. The maximum absolute atomic E-state index is 13.8. The summed E-state index contributed by atoms with van der Waals surface area (Å²) in [4.78, 5) is 0. The van der Waals surface area contributed by atoms with Crippen LogP contribution < -0.4 is 10.1 Å². The van der Waals surface area contributed by atoms with E-state index in [1.807, 2.05) is 13.8 Å². The maximum atomic E-state index is 13.8. The second-order valence-electron chi connectivity index (χ2n) is 4.07. The molecular weight excluding hydrogens is 224 g/mol. The lowest BCUT2D eigenvalue weighted by Crippen LogP contribution is -2.31. The van der Waals surface area contributed by atoms with E-state index in [9.17, 15) is 8.78 Å². The third-order valence-electron chi connectivity index (χ3n) is 2.60. The lowest BCUT2D eigenvalue weighted by Gasteiger charge is -2.18. The first-order valence-electron chi connectivity index (χ1n) is 5.75. The van der Waals surface area contributed by atoms with Crippen molar-refractivity contribution in [3.8, 4) is 5.75 Å². The molecule has 2 nitrogen and oxygen atoms in total. The van der Waals surface area contributed by atoms with E-state index in [4.69, 9.17) is 4.74 Å². The quantitative estimate of drug-likeness (QED) is 0.775. The van der Waals surface area contributed by atoms with Crippen LogP contribution in [0.3, 0.4) is 0 Å². The van der Waals surface area contributed by atoms with Gasteiger partial charge in [0, 0.05) is 5.56 Å². The van der Waals surface area contributed by atoms with Crippen LogP contribution in [0.1, 0.15) is 24.5 Å². The Hall–Kier alpha value is -1.16. The van der Waals surface area contributed by atoms with E-state index < -0.39 is 5.92 Å². The highest BCUT2D eigenvalue weighted by atomic mass is 19.3. The van der Waals surface area contributed by atoms with Gasteiger partial charge < -0.3 is 10.1 Å². The van der Waals surface area contributed by atoms with Crippen LogP contribution in [0.25, 0.3) is 0 Å². The van der Waals surface area contributed by atoms with Gasteiger partial charge in [0.25, 0.3) is 5.92 Å². The molecule has 1 rings (SSSR count). The molecule has 17 heavy (non-hydrogen) atoms. The summed E-state index contributed by atoms with van der Waals surface area (Å²) in [6.07, 6.45) is 0.841. The van der Waals surface area contributed by atoms with Crippen molar-refractivity contribution in [1.29, 1.82) is 0 Å². The van der Waals surface area contributed by atoms with Crippen molar-refractivity contribution in [2.24, 2.45) is 0 Å². The fraction of sp³-hybridized carbons (Fsp3) is 0.538. The molecule has 4 heteroatoms. The molecule has 0 aromatic heterocycles. The van der Waals surface area contributed by atoms with Gasteiger partial charge in [0.15, 0.2) is 0 Å². The van der Waals surface area contributed by atoms with E-state index in [-0.39, 0.29) is 12.1 Å². The zero-order valence-corrected chi connectivity index (χ0v) is 10.5. The molecule has 0 aliphatic carbocycles. The van der Waals surface area contributed by atoms with Crippen molar-refractivity contribution in [2.45, 2.75) is 26.2 Å². The van der Waals surface area contributed by atoms with Crippen molar-refractivity contribution < 1.29 is 13.5 Å². The molecule has 0 bridgehead atoms. The largest absolute Gasteiger partial charge is 0.496 e. The summed E-state index contributed by atoms with van der Waals surface area (Å²) < 4.78 is 32.7. The summed E-state index contributed by atoms with van der Waals surface area (Å²) >= 11 is 0. The van der Waals surface area contributed by atoms with Crippen LogP contribution in [0.4, 0.5) is 8.78 Å². The van der Waals surface area contributed by atoms with Crippen LogP contribution in [0, 0.1) is 6.92 Å². The van der Waals surface area contributed by atoms with E-state index in [0.29, 0.717) is 12.3 Å². The number of rotatable bonds is 6. The molecule has 1 aromatic rings. The first-order chi connectivity index (χ1) is 8.01. The number of alkyl halides is 2. The molecule has 1 N–H and O–H groups in total. The summed E-state index contributed by atoms with van der Waals surface area (Å²) in [5.74, 6) is -2.37. The van der Waals surface area contributed by atoms with E-state index in [0.717, 1.165) is 12.0 Å². The van der Waals surface area contributed by atoms with Crippen molar-refractivity contribution in [3.05, 3.63) is 29.3 Å². The fourth-order valence-corrected chi connectivity index (χ4v) is 1.57. The van der Waals surface area contributed by atoms with Crippen LogP contribution in [0.5, 0.6) is 5.75 Å². The summed E-state index contributed by atoms with van der Waals surface area (Å²) in [6, 6.07) is 4.51. The van der Waals surface area contributed by atoms with Crippen LogP contribution in [0.2, 0.25) is 0 Å². The minimum absolute atomic E-state index is 0.0106. The number of methoxy groups -OCH3 is 1. The molecule has 0 saturated carbocycles. The first kappa shape index (κ1) is 13.9. The number of aryl methyl sites for hydroxylation is 1. The van der Waals surface area contributed by atoms with E-state index >= 15 is 0 Å². The Morgan fingerprint density at radius 3 is 2.65 bits per heavy atom. The van der Waals surface area contributed by atoms with Crippen molar-refractivity contribution in [2.75, 3.05) is 20.2 Å². The highest BCUT2D eigenvalue weighted by Crippen LogP contribution is 2.31. The normalized spacial score (nSPS) is 11.6. The molecule has 0 heterocycles. The van der Waals surface area contributed by atoms with Crippen LogP contribution >= 0.6 is 0 Å². The number of hydrogen-bond acceptors (Lipinski definition) is 2. The molecule has 0 saturated heterocycles. The van der Waals surface area contributed by atoms with Gasteiger partial charge in [-0.15, -0.1) is 0 Å². The third-order valence-corrected chi connectivity index (χ3v) is 2.60. The third kappa shape index (κ3) is 3.66. The zero-order valence-electron chi connectivity index (χ0n) is 10.5. The molecule has 96 valence electrons. The fourth-order valence-electron chi connectivity index (χ4n) is 1.57. The smallest absolute Gasteiger partial charge is 0.285 e. The molecule has 0 aliphatic rings. The molecule has 0 atom stereocenters. The number of hydrogen-bond donors (Lipinski definition) is 1. The second-order valence-corrected chi connectivity index (χ2v) is 4.07. The molecular formula is C13H19F2NO. The second kappa shape index (κ2) is 5.96. The van der Waals surface area contributed by atoms with Crippen molar-refractivity contribution in [3.63, 3.8) is 0 Å². The van der Waals surface area contributed by atoms with Gasteiger partial charge in [-0.1, -0.05) is 19.1 Å². The van der Waals surface area contributed by atoms with Gasteiger partial charge in [-0.3, -0.25) is 0 Å². The molecule has 0 amide bonds. The van der Waals surface area contributed by atoms with E-state index in [1.54, 1.807) is 6.07 Å². The molecule has 0 unspecified atom stereocenters. The lowest BCUT2D eigenvalue weighted by atomic mass is 10.1. The Balaban J connectivity index is 2.82. The highest BCUT2D eigenvalue weighted by molar-refractivity contribution is 5.38. The van der Waals surface area contributed by atoms with Crippen molar-refractivity contribution >= 4 is 0 Å². The Labute approximate surface area is 101 Å². The highest BCUT2D eigenvalue weighted by Gasteiger charge is 2.31. The Kier molecular flexibility index (Phi) is 4.87. The van der Waals surface area contributed by atoms with Gasteiger partial charge in [-0.05, 0) is 31.5 Å². The Morgan fingerprint density at radius 1 is 1.35 bits per heavy atom. The average molecular weight is 243 g/mol. The summed E-state index contributed by atoms with van der Waals surface area (Å²) in [5, 5.41) is 2.74. The molecule has 0 fully saturated rings. The van der Waals surface area contributed by atoms with Gasteiger partial charge in [0.1, 0.15) is 5.75 Å². The molecule has 0 spiro atoms. The number of nitrogens with one attached hydrogen (secondary N) is 1. The standard InChI is InChI=1S/C13H19F2NO/c1-4-7-16-9-13(14,15)11-6-5-10(2)12(8-11)17-3/h5-6,8,16H,4,7,9H2,1-3H3. The minimum atomic E-state index is -2.86. The molecule has 0 radical (unpaired) electrons. The zero-order chi connectivity index (χ0) is 12.9. The molecule has 0 aliphatic heterocycles. The van der Waals surface area contributed by atoms with Gasteiger partial charge >= 0.3 is 0 Å². The Bertz CT molecular complexity index is 366. The molecule has 1 aromatic carbocycles. The number of benzene rings is 1. The predicted octanol–water partition coefficient (Wildman–Crippen LogP) is 3.10. The van der Waals surface area contributed by atoms with E-state index in [2.05, 4.69) is 5.32 Å². The topological polar surface area (TPSA) is 21.3 Å². The Morgan fingerprint density at radius 2 is 2.06 bits per heavy atom. The van der Waals surface area contributed by atoms with E-state index in [1.165, 1.54) is 19.2 Å². The average Bonchev–Trinajstić information content (AvgIpc) is 2.29. The van der Waals surface area contributed by atoms with Crippen molar-refractivity contribution in [1.82, 2.24) is 5.32 Å². The first-order valence-corrected chi connectivity index (χ1v) is 5.75. The van der Waals surface area contributed by atoms with Crippen LogP contribution in [-0.4, -0.2) is 20.2 Å². The van der Waals surface area contributed by atoms with Crippen LogP contribution in [0.15, 0.2) is 18.2 Å². The summed E-state index contributed by atoms with van der Waals surface area (Å²) in [7, 11) is 1.49. The van der Waals surface area contributed by atoms with Crippen LogP contribution in [-0.2, 0) is 5.92 Å². The van der Waals surface area contributed by atoms with Gasteiger partial charge in [0.05, 0.1) is 13.7 Å². The number of ether oxygens (including phenoxy) is 1. The minimum Gasteiger partial charge on any atom is -0.496 e. The maximum Gasteiger partial charge on any atom is 0.285 e. The van der Waals surface area contributed by atoms with Gasteiger partial charge in [-0.2, -0.15) is 8.78 Å². The predicted molar refractivity (Wildman–Crippen MR) is 64.8 cm³/mol. The lowest BCUT2D eigenvalue weighted by molar-refractivity contribution is -0.00310. The van der Waals surface area contributed by atoms with Gasteiger partial charge in [-0.25, -0.2) is 0 Å². The summed E-state index contributed by atoms with van der Waals surface area (Å²) in [6.45, 7) is 4.03. The number of halogens is 2. The SMILES string of the molecule is CCCNCC(F)(F)c1ccc(C)c(OC)c1.